The van der Waals surface area contributed by atoms with E-state index >= 15 is 0 Å². The molecule has 0 saturated heterocycles. The molecular formula is C25H21N5O. The van der Waals surface area contributed by atoms with Gasteiger partial charge < -0.3 is 10.1 Å². The number of nitrogens with one attached hydrogen (secondary N) is 1. The van der Waals surface area contributed by atoms with Crippen LogP contribution in [0.2, 0.25) is 0 Å². The lowest BCUT2D eigenvalue weighted by molar-refractivity contribution is 0.415. The van der Waals surface area contributed by atoms with Crippen molar-refractivity contribution in [3.63, 3.8) is 0 Å². The van der Waals surface area contributed by atoms with E-state index in [0.29, 0.717) is 5.78 Å². The fraction of sp³-hybridized carbons (Fsp3) is 0.0800. The number of benzene rings is 3. The minimum atomic E-state index is 0.544. The predicted octanol–water partition coefficient (Wildman–Crippen LogP) is 5.30. The summed E-state index contributed by atoms with van der Waals surface area (Å²) >= 11 is 0. The van der Waals surface area contributed by atoms with Crippen molar-refractivity contribution in [1.82, 2.24) is 19.6 Å². The number of rotatable bonds is 5. The van der Waals surface area contributed by atoms with Crippen molar-refractivity contribution in [3.8, 4) is 28.3 Å². The van der Waals surface area contributed by atoms with Crippen LogP contribution < -0.4 is 10.1 Å². The minimum Gasteiger partial charge on any atom is -0.497 e. The van der Waals surface area contributed by atoms with E-state index in [1.165, 1.54) is 0 Å². The molecule has 0 aliphatic heterocycles. The van der Waals surface area contributed by atoms with Crippen LogP contribution in [0.4, 0.5) is 5.82 Å². The number of ether oxygens (including phenoxy) is 1. The van der Waals surface area contributed by atoms with Crippen molar-refractivity contribution in [2.45, 2.75) is 0 Å². The third kappa shape index (κ3) is 3.18. The molecule has 3 aromatic carbocycles. The zero-order valence-electron chi connectivity index (χ0n) is 17.3. The average molecular weight is 407 g/mol. The lowest BCUT2D eigenvalue weighted by Gasteiger charge is -2.10. The number of hydrogen-bond donors (Lipinski definition) is 1. The first-order chi connectivity index (χ1) is 15.2. The predicted molar refractivity (Wildman–Crippen MR) is 125 cm³/mol. The van der Waals surface area contributed by atoms with Crippen molar-refractivity contribution < 1.29 is 4.74 Å². The molecule has 1 N–H and O–H groups in total. The third-order valence-electron chi connectivity index (χ3n) is 5.39. The van der Waals surface area contributed by atoms with Crippen LogP contribution in [0.25, 0.3) is 45.3 Å². The molecule has 0 aliphatic rings. The van der Waals surface area contributed by atoms with Crippen LogP contribution in [0.15, 0.2) is 73.3 Å². The van der Waals surface area contributed by atoms with Crippen LogP contribution in [0, 0.1) is 0 Å². The van der Waals surface area contributed by atoms with Gasteiger partial charge in [-0.3, -0.25) is 4.40 Å². The molecule has 5 aromatic rings. The highest BCUT2D eigenvalue weighted by molar-refractivity contribution is 5.93. The number of aromatic nitrogens is 4. The van der Waals surface area contributed by atoms with Crippen LogP contribution in [0.3, 0.4) is 0 Å². The first-order valence-electron chi connectivity index (χ1n) is 9.96. The quantitative estimate of drug-likeness (QED) is 0.428. The van der Waals surface area contributed by atoms with Gasteiger partial charge in [0.25, 0.3) is 5.78 Å². The zero-order chi connectivity index (χ0) is 21.4. The summed E-state index contributed by atoms with van der Waals surface area (Å²) in [6.45, 7) is 3.91. The van der Waals surface area contributed by atoms with Gasteiger partial charge in [0.05, 0.1) is 12.6 Å². The Kier molecular flexibility index (Phi) is 4.59. The summed E-state index contributed by atoms with van der Waals surface area (Å²) in [5, 5.41) is 13.0. The number of nitrogens with zero attached hydrogens (tertiary/aromatic N) is 4. The van der Waals surface area contributed by atoms with Crippen molar-refractivity contribution in [2.24, 2.45) is 0 Å². The smallest absolute Gasteiger partial charge is 0.257 e. The molecular weight excluding hydrogens is 386 g/mol. The molecule has 0 atom stereocenters. The number of anilines is 1. The summed E-state index contributed by atoms with van der Waals surface area (Å²) in [7, 11) is 3.52. The molecule has 2 heterocycles. The second-order valence-electron chi connectivity index (χ2n) is 7.16. The summed E-state index contributed by atoms with van der Waals surface area (Å²) in [6, 6.07) is 22.4. The molecule has 0 aliphatic carbocycles. The first kappa shape index (κ1) is 18.8. The van der Waals surface area contributed by atoms with Crippen LogP contribution in [-0.4, -0.2) is 33.7 Å². The monoisotopic (exact) mass is 407 g/mol. The summed E-state index contributed by atoms with van der Waals surface area (Å²) in [6.07, 6.45) is 1.83. The summed E-state index contributed by atoms with van der Waals surface area (Å²) in [5.41, 5.74) is 5.15. The Morgan fingerprint density at radius 3 is 2.48 bits per heavy atom. The molecule has 0 amide bonds. The SMILES string of the molecule is C=Cc1ccc2c(NC)nc3nnc(-c4cccc(-c5ccc(OC)cc5)c4)n3c2c1. The largest absolute Gasteiger partial charge is 0.497 e. The van der Waals surface area contributed by atoms with E-state index in [2.05, 4.69) is 45.3 Å². The number of fused-ring (bicyclic) bond motifs is 3. The van der Waals surface area contributed by atoms with E-state index in [1.54, 1.807) is 7.11 Å². The molecule has 0 saturated carbocycles. The van der Waals surface area contributed by atoms with E-state index in [1.807, 2.05) is 66.1 Å². The lowest BCUT2D eigenvalue weighted by Crippen LogP contribution is -2.01. The normalized spacial score (nSPS) is 11.0. The molecule has 6 heteroatoms. The van der Waals surface area contributed by atoms with Gasteiger partial charge in [0.15, 0.2) is 5.82 Å². The maximum atomic E-state index is 5.27. The van der Waals surface area contributed by atoms with Crippen molar-refractivity contribution in [3.05, 3.63) is 78.9 Å². The Bertz CT molecular complexity index is 1420. The zero-order valence-corrected chi connectivity index (χ0v) is 17.3. The number of hydrogen-bond acceptors (Lipinski definition) is 5. The highest BCUT2D eigenvalue weighted by Crippen LogP contribution is 2.30. The Morgan fingerprint density at radius 1 is 0.935 bits per heavy atom. The van der Waals surface area contributed by atoms with Gasteiger partial charge in [-0.05, 0) is 47.0 Å². The topological polar surface area (TPSA) is 64.3 Å². The van der Waals surface area contributed by atoms with Crippen molar-refractivity contribution in [2.75, 3.05) is 19.5 Å². The third-order valence-corrected chi connectivity index (χ3v) is 5.39. The molecule has 152 valence electrons. The van der Waals surface area contributed by atoms with Crippen molar-refractivity contribution >= 4 is 28.6 Å². The Hall–Kier alpha value is -4.19. The maximum absolute atomic E-state index is 5.27. The van der Waals surface area contributed by atoms with Gasteiger partial charge >= 0.3 is 0 Å². The minimum absolute atomic E-state index is 0.544. The standard InChI is InChI=1S/C25H21N5O/c1-4-16-8-13-21-22(14-16)30-24(28-29-25(30)27-23(21)26-2)19-7-5-6-18(15-19)17-9-11-20(31-3)12-10-17/h4-15H,1H2,2-3H3,(H,26,27,29). The fourth-order valence-electron chi connectivity index (χ4n) is 3.79. The lowest BCUT2D eigenvalue weighted by atomic mass is 10.0. The molecule has 0 radical (unpaired) electrons. The van der Waals surface area contributed by atoms with Gasteiger partial charge in [-0.1, -0.05) is 49.1 Å². The van der Waals surface area contributed by atoms with Gasteiger partial charge in [0.1, 0.15) is 11.6 Å². The Morgan fingerprint density at radius 2 is 1.74 bits per heavy atom. The Balaban J connectivity index is 1.72. The van der Waals surface area contributed by atoms with E-state index in [4.69, 9.17) is 4.74 Å². The summed E-state index contributed by atoms with van der Waals surface area (Å²) in [5.74, 6) is 2.89. The van der Waals surface area contributed by atoms with E-state index in [-0.39, 0.29) is 0 Å². The fourth-order valence-corrected chi connectivity index (χ4v) is 3.79. The van der Waals surface area contributed by atoms with E-state index in [9.17, 15) is 0 Å². The van der Waals surface area contributed by atoms with Crippen LogP contribution in [0.5, 0.6) is 5.75 Å². The van der Waals surface area contributed by atoms with E-state index < -0.39 is 0 Å². The molecule has 0 bridgehead atoms. The summed E-state index contributed by atoms with van der Waals surface area (Å²) in [4.78, 5) is 4.66. The Labute approximate surface area is 179 Å². The summed E-state index contributed by atoms with van der Waals surface area (Å²) < 4.78 is 7.27. The van der Waals surface area contributed by atoms with Gasteiger partial charge in [-0.2, -0.15) is 4.98 Å². The maximum Gasteiger partial charge on any atom is 0.257 e. The molecule has 0 unspecified atom stereocenters. The van der Waals surface area contributed by atoms with Crippen LogP contribution in [0.1, 0.15) is 5.56 Å². The molecule has 0 spiro atoms. The van der Waals surface area contributed by atoms with Gasteiger partial charge in [0.2, 0.25) is 0 Å². The first-order valence-corrected chi connectivity index (χ1v) is 9.96. The molecule has 2 aromatic heterocycles. The molecule has 6 nitrogen and oxygen atoms in total. The van der Waals surface area contributed by atoms with Gasteiger partial charge in [-0.15, -0.1) is 10.2 Å². The second-order valence-corrected chi connectivity index (χ2v) is 7.16. The van der Waals surface area contributed by atoms with Gasteiger partial charge in [0, 0.05) is 18.0 Å². The van der Waals surface area contributed by atoms with Crippen LogP contribution >= 0.6 is 0 Å². The molecule has 0 fully saturated rings. The average Bonchev–Trinajstić information content (AvgIpc) is 3.27. The highest BCUT2D eigenvalue weighted by Gasteiger charge is 2.16. The van der Waals surface area contributed by atoms with Crippen LogP contribution in [-0.2, 0) is 0 Å². The highest BCUT2D eigenvalue weighted by atomic mass is 16.5. The second kappa shape index (κ2) is 7.57. The van der Waals surface area contributed by atoms with E-state index in [0.717, 1.165) is 50.5 Å². The van der Waals surface area contributed by atoms with Gasteiger partial charge in [-0.25, -0.2) is 0 Å². The number of methoxy groups -OCH3 is 1. The van der Waals surface area contributed by atoms with Crippen molar-refractivity contribution in [1.29, 1.82) is 0 Å². The molecule has 31 heavy (non-hydrogen) atoms. The molecule has 5 rings (SSSR count).